The summed E-state index contributed by atoms with van der Waals surface area (Å²) in [7, 11) is -0.806. The largest absolute Gasteiger partial charge is 0.316 e. The Kier molecular flexibility index (Phi) is 7.65. The number of hydrogen-bond acceptors (Lipinski definition) is 4. The van der Waals surface area contributed by atoms with E-state index in [9.17, 15) is 8.42 Å². The molecule has 0 saturated heterocycles. The summed E-state index contributed by atoms with van der Waals surface area (Å²) in [6, 6.07) is 0. The average Bonchev–Trinajstić information content (AvgIpc) is 2.36. The molecule has 0 amide bonds. The van der Waals surface area contributed by atoms with Crippen LogP contribution in [-0.4, -0.2) is 58.6 Å². The molecule has 0 radical (unpaired) electrons. The van der Waals surface area contributed by atoms with Crippen LogP contribution < -0.4 is 5.32 Å². The smallest absolute Gasteiger partial charge is 0.148 e. The lowest BCUT2D eigenvalue weighted by atomic mass is 9.73. The maximum absolute atomic E-state index is 11.3. The quantitative estimate of drug-likeness (QED) is 0.708. The van der Waals surface area contributed by atoms with Gasteiger partial charge in [0.05, 0.1) is 5.75 Å². The summed E-state index contributed by atoms with van der Waals surface area (Å²) in [5, 5.41) is 3.63. The predicted molar refractivity (Wildman–Crippen MR) is 90.4 cm³/mol. The van der Waals surface area contributed by atoms with Gasteiger partial charge in [0.25, 0.3) is 0 Å². The van der Waals surface area contributed by atoms with E-state index in [1.165, 1.54) is 38.4 Å². The van der Waals surface area contributed by atoms with Crippen molar-refractivity contribution >= 4 is 9.84 Å². The zero-order valence-electron chi connectivity index (χ0n) is 14.3. The van der Waals surface area contributed by atoms with Crippen molar-refractivity contribution in [3.8, 4) is 0 Å². The van der Waals surface area contributed by atoms with Crippen molar-refractivity contribution < 1.29 is 8.42 Å². The van der Waals surface area contributed by atoms with Crippen LogP contribution in [-0.2, 0) is 9.84 Å². The maximum Gasteiger partial charge on any atom is 0.148 e. The summed E-state index contributed by atoms with van der Waals surface area (Å²) in [6.07, 6.45) is 7.82. The van der Waals surface area contributed by atoms with Crippen molar-refractivity contribution in [3.05, 3.63) is 0 Å². The molecule has 5 heteroatoms. The molecule has 0 atom stereocenters. The number of nitrogens with zero attached hydrogens (tertiary/aromatic N) is 1. The first-order chi connectivity index (χ1) is 9.72. The minimum absolute atomic E-state index is 0.263. The zero-order valence-corrected chi connectivity index (χ0v) is 15.1. The third-order valence-electron chi connectivity index (χ3n) is 4.42. The number of hydrogen-bond donors (Lipinski definition) is 1. The fraction of sp³-hybridized carbons (Fsp3) is 1.00. The van der Waals surface area contributed by atoms with Crippen LogP contribution in [0.2, 0.25) is 0 Å². The van der Waals surface area contributed by atoms with Crippen LogP contribution in [0.25, 0.3) is 0 Å². The van der Waals surface area contributed by atoms with Crippen molar-refractivity contribution in [1.82, 2.24) is 10.2 Å². The van der Waals surface area contributed by atoms with Crippen LogP contribution in [0.3, 0.4) is 0 Å². The van der Waals surface area contributed by atoms with E-state index in [1.807, 2.05) is 0 Å². The summed E-state index contributed by atoms with van der Waals surface area (Å²) >= 11 is 0. The Bertz CT molecular complexity index is 387. The summed E-state index contributed by atoms with van der Waals surface area (Å²) in [6.45, 7) is 8.25. The first-order valence-electron chi connectivity index (χ1n) is 8.29. The van der Waals surface area contributed by atoms with Crippen molar-refractivity contribution in [2.24, 2.45) is 11.3 Å². The summed E-state index contributed by atoms with van der Waals surface area (Å²) in [5.74, 6) is 0.938. The average molecular weight is 319 g/mol. The minimum Gasteiger partial charge on any atom is -0.316 e. The molecule has 1 saturated carbocycles. The Morgan fingerprint density at radius 1 is 1.19 bits per heavy atom. The van der Waals surface area contributed by atoms with E-state index in [4.69, 9.17) is 0 Å². The first-order valence-corrected chi connectivity index (χ1v) is 10.4. The van der Waals surface area contributed by atoms with Crippen LogP contribution in [0.15, 0.2) is 0 Å². The van der Waals surface area contributed by atoms with Gasteiger partial charge in [-0.05, 0) is 37.8 Å². The van der Waals surface area contributed by atoms with Gasteiger partial charge in [-0.25, -0.2) is 8.42 Å². The van der Waals surface area contributed by atoms with Crippen LogP contribution >= 0.6 is 0 Å². The van der Waals surface area contributed by atoms with E-state index in [0.29, 0.717) is 17.9 Å². The Morgan fingerprint density at radius 3 is 2.33 bits per heavy atom. The molecule has 0 spiro atoms. The van der Waals surface area contributed by atoms with Gasteiger partial charge in [-0.15, -0.1) is 0 Å². The van der Waals surface area contributed by atoms with Gasteiger partial charge in [-0.1, -0.05) is 33.1 Å². The van der Waals surface area contributed by atoms with Gasteiger partial charge in [-0.2, -0.15) is 0 Å². The molecule has 0 bridgehead atoms. The molecule has 1 N–H and O–H groups in total. The van der Waals surface area contributed by atoms with Crippen molar-refractivity contribution in [2.75, 3.05) is 45.2 Å². The number of nitrogens with one attached hydrogen (secondary N) is 1. The van der Waals surface area contributed by atoms with Crippen LogP contribution in [0.5, 0.6) is 0 Å². The van der Waals surface area contributed by atoms with Crippen molar-refractivity contribution in [3.63, 3.8) is 0 Å². The summed E-state index contributed by atoms with van der Waals surface area (Å²) < 4.78 is 22.6. The van der Waals surface area contributed by atoms with Crippen molar-refractivity contribution in [2.45, 2.75) is 46.0 Å². The second-order valence-electron chi connectivity index (χ2n) is 7.45. The topological polar surface area (TPSA) is 49.4 Å². The van der Waals surface area contributed by atoms with Gasteiger partial charge in [0.15, 0.2) is 0 Å². The third-order valence-corrected chi connectivity index (χ3v) is 5.34. The SMILES string of the molecule is CC(C)CNCC1(CN(C)CCS(C)(=O)=O)CCCCC1. The lowest BCUT2D eigenvalue weighted by Crippen LogP contribution is -2.45. The normalized spacial score (nSPS) is 19.3. The highest BCUT2D eigenvalue weighted by atomic mass is 32.2. The number of rotatable bonds is 9. The zero-order chi connectivity index (χ0) is 15.9. The van der Waals surface area contributed by atoms with E-state index >= 15 is 0 Å². The molecule has 1 fully saturated rings. The monoisotopic (exact) mass is 318 g/mol. The highest BCUT2D eigenvalue weighted by molar-refractivity contribution is 7.90. The molecule has 0 aromatic heterocycles. The predicted octanol–water partition coefficient (Wildman–Crippen LogP) is 2.16. The first kappa shape index (κ1) is 18.9. The van der Waals surface area contributed by atoms with Gasteiger partial charge in [0.2, 0.25) is 0 Å². The van der Waals surface area contributed by atoms with E-state index < -0.39 is 9.84 Å². The van der Waals surface area contributed by atoms with Crippen LogP contribution in [0.1, 0.15) is 46.0 Å². The molecule has 21 heavy (non-hydrogen) atoms. The van der Waals surface area contributed by atoms with Crippen LogP contribution in [0, 0.1) is 11.3 Å². The van der Waals surface area contributed by atoms with E-state index in [0.717, 1.165) is 19.6 Å². The van der Waals surface area contributed by atoms with E-state index in [-0.39, 0.29) is 5.75 Å². The molecular formula is C16H34N2O2S. The summed E-state index contributed by atoms with van der Waals surface area (Å²) in [4.78, 5) is 2.21. The standard InChI is InChI=1S/C16H34N2O2S/c1-15(2)12-17-13-16(8-6-5-7-9-16)14-18(3)10-11-21(4,19)20/h15,17H,5-14H2,1-4H3. The summed E-state index contributed by atoms with van der Waals surface area (Å²) in [5.41, 5.74) is 0.333. The molecular weight excluding hydrogens is 284 g/mol. The fourth-order valence-corrected chi connectivity index (χ4v) is 3.94. The van der Waals surface area contributed by atoms with E-state index in [2.05, 4.69) is 31.1 Å². The fourth-order valence-electron chi connectivity index (χ4n) is 3.29. The molecule has 0 aromatic rings. The second kappa shape index (κ2) is 8.49. The minimum atomic E-state index is -2.87. The van der Waals surface area contributed by atoms with Gasteiger partial charge in [-0.3, -0.25) is 0 Å². The maximum atomic E-state index is 11.3. The molecule has 0 aliphatic heterocycles. The van der Waals surface area contributed by atoms with Crippen molar-refractivity contribution in [1.29, 1.82) is 0 Å². The Hall–Kier alpha value is -0.130. The van der Waals surface area contributed by atoms with E-state index in [1.54, 1.807) is 0 Å². The molecule has 0 aromatic carbocycles. The Balaban J connectivity index is 2.52. The lowest BCUT2D eigenvalue weighted by Gasteiger charge is -2.40. The molecule has 1 aliphatic rings. The lowest BCUT2D eigenvalue weighted by molar-refractivity contribution is 0.120. The third kappa shape index (κ3) is 8.17. The molecule has 0 unspecified atom stereocenters. The highest BCUT2D eigenvalue weighted by Crippen LogP contribution is 2.36. The molecule has 0 heterocycles. The van der Waals surface area contributed by atoms with Crippen LogP contribution in [0.4, 0.5) is 0 Å². The second-order valence-corrected chi connectivity index (χ2v) is 9.71. The van der Waals surface area contributed by atoms with Gasteiger partial charge in [0.1, 0.15) is 9.84 Å². The Morgan fingerprint density at radius 2 is 1.81 bits per heavy atom. The molecule has 126 valence electrons. The van der Waals surface area contributed by atoms with Gasteiger partial charge >= 0.3 is 0 Å². The molecule has 4 nitrogen and oxygen atoms in total. The molecule has 1 aliphatic carbocycles. The molecule has 1 rings (SSSR count). The highest BCUT2D eigenvalue weighted by Gasteiger charge is 2.32. The van der Waals surface area contributed by atoms with Gasteiger partial charge in [0, 0.05) is 25.9 Å². The van der Waals surface area contributed by atoms with Gasteiger partial charge < -0.3 is 10.2 Å². The number of sulfone groups is 1. The Labute approximate surface area is 131 Å².